The molecule has 1 heterocycles. The van der Waals surface area contributed by atoms with Gasteiger partial charge in [0, 0.05) is 21.4 Å². The van der Waals surface area contributed by atoms with Gasteiger partial charge in [-0.1, -0.05) is 20.8 Å². The summed E-state index contributed by atoms with van der Waals surface area (Å²) in [4.78, 5) is 1.05. The van der Waals surface area contributed by atoms with E-state index in [9.17, 15) is 0 Å². The lowest BCUT2D eigenvalue weighted by Gasteiger charge is -2.23. The molecule has 16 heavy (non-hydrogen) atoms. The Kier molecular flexibility index (Phi) is 2.93. The lowest BCUT2D eigenvalue weighted by molar-refractivity contribution is 0.171. The predicted octanol–water partition coefficient (Wildman–Crippen LogP) is 2.93. The summed E-state index contributed by atoms with van der Waals surface area (Å²) >= 11 is 1.74. The standard InChI is InChI=1S/C12H17NO2S/c1-12(2,3)16-11-7-10-9(6-8(11)13)14-4-5-15-10/h6-7H,4-5,13H2,1-3H3. The van der Waals surface area contributed by atoms with Crippen LogP contribution in [0.3, 0.4) is 0 Å². The second-order valence-electron chi connectivity index (χ2n) is 4.75. The summed E-state index contributed by atoms with van der Waals surface area (Å²) in [6.45, 7) is 7.68. The van der Waals surface area contributed by atoms with E-state index in [4.69, 9.17) is 15.2 Å². The molecule has 1 aromatic rings. The summed E-state index contributed by atoms with van der Waals surface area (Å²) in [5.41, 5.74) is 6.75. The average molecular weight is 239 g/mol. The third kappa shape index (κ3) is 2.55. The molecule has 1 aliphatic rings. The van der Waals surface area contributed by atoms with Crippen LogP contribution in [0.4, 0.5) is 5.69 Å². The van der Waals surface area contributed by atoms with Crippen LogP contribution >= 0.6 is 11.8 Å². The van der Waals surface area contributed by atoms with Crippen molar-refractivity contribution in [2.75, 3.05) is 18.9 Å². The Morgan fingerprint density at radius 1 is 1.12 bits per heavy atom. The molecule has 4 heteroatoms. The molecule has 0 radical (unpaired) electrons. The lowest BCUT2D eigenvalue weighted by atomic mass is 10.2. The first-order valence-electron chi connectivity index (χ1n) is 5.34. The van der Waals surface area contributed by atoms with Crippen molar-refractivity contribution < 1.29 is 9.47 Å². The SMILES string of the molecule is CC(C)(C)Sc1cc2c(cc1N)OCCO2. The number of nitrogens with two attached hydrogens (primary N) is 1. The van der Waals surface area contributed by atoms with E-state index in [1.54, 1.807) is 11.8 Å². The van der Waals surface area contributed by atoms with Crippen LogP contribution in [0.1, 0.15) is 20.8 Å². The molecule has 3 nitrogen and oxygen atoms in total. The molecular formula is C12H17NO2S. The van der Waals surface area contributed by atoms with E-state index in [1.165, 1.54) is 0 Å². The van der Waals surface area contributed by atoms with Crippen LogP contribution in [0.15, 0.2) is 17.0 Å². The molecule has 0 bridgehead atoms. The monoisotopic (exact) mass is 239 g/mol. The highest BCUT2D eigenvalue weighted by Crippen LogP contribution is 2.42. The van der Waals surface area contributed by atoms with Gasteiger partial charge in [0.1, 0.15) is 13.2 Å². The van der Waals surface area contributed by atoms with Gasteiger partial charge in [-0.15, -0.1) is 11.8 Å². The fourth-order valence-corrected chi connectivity index (χ4v) is 2.51. The highest BCUT2D eigenvalue weighted by Gasteiger charge is 2.19. The van der Waals surface area contributed by atoms with Crippen LogP contribution < -0.4 is 15.2 Å². The van der Waals surface area contributed by atoms with Crippen LogP contribution in [-0.2, 0) is 0 Å². The number of hydrogen-bond acceptors (Lipinski definition) is 4. The molecule has 0 spiro atoms. The van der Waals surface area contributed by atoms with Gasteiger partial charge in [-0.2, -0.15) is 0 Å². The molecule has 88 valence electrons. The third-order valence-corrected chi connectivity index (χ3v) is 3.28. The fourth-order valence-electron chi connectivity index (χ4n) is 1.50. The number of nitrogen functional groups attached to an aromatic ring is 1. The first kappa shape index (κ1) is 11.5. The molecule has 2 N–H and O–H groups in total. The van der Waals surface area contributed by atoms with Gasteiger partial charge in [-0.05, 0) is 6.07 Å². The number of hydrogen-bond donors (Lipinski definition) is 1. The Labute approximate surface area is 100 Å². The van der Waals surface area contributed by atoms with Crippen molar-refractivity contribution >= 4 is 17.4 Å². The van der Waals surface area contributed by atoms with E-state index in [-0.39, 0.29) is 4.75 Å². The minimum absolute atomic E-state index is 0.137. The number of rotatable bonds is 1. The first-order valence-corrected chi connectivity index (χ1v) is 6.15. The summed E-state index contributed by atoms with van der Waals surface area (Å²) < 4.78 is 11.2. The first-order chi connectivity index (χ1) is 7.46. The van der Waals surface area contributed by atoms with Crippen molar-refractivity contribution in [1.29, 1.82) is 0 Å². The minimum atomic E-state index is 0.137. The summed E-state index contributed by atoms with van der Waals surface area (Å²) in [6, 6.07) is 3.82. The Balaban J connectivity index is 2.32. The normalized spacial score (nSPS) is 14.9. The summed E-state index contributed by atoms with van der Waals surface area (Å²) in [5, 5.41) is 0. The number of ether oxygens (including phenoxy) is 2. The molecule has 0 fully saturated rings. The van der Waals surface area contributed by atoms with E-state index >= 15 is 0 Å². The molecule has 1 aliphatic heterocycles. The van der Waals surface area contributed by atoms with Gasteiger partial charge in [-0.25, -0.2) is 0 Å². The van der Waals surface area contributed by atoms with Gasteiger partial charge in [0.25, 0.3) is 0 Å². The average Bonchev–Trinajstić information content (AvgIpc) is 2.17. The Morgan fingerprint density at radius 3 is 2.25 bits per heavy atom. The van der Waals surface area contributed by atoms with Gasteiger partial charge >= 0.3 is 0 Å². The van der Waals surface area contributed by atoms with Gasteiger partial charge in [0.2, 0.25) is 0 Å². The number of fused-ring (bicyclic) bond motifs is 1. The molecular weight excluding hydrogens is 222 g/mol. The highest BCUT2D eigenvalue weighted by atomic mass is 32.2. The van der Waals surface area contributed by atoms with Crippen molar-refractivity contribution in [3.8, 4) is 11.5 Å². The highest BCUT2D eigenvalue weighted by molar-refractivity contribution is 8.00. The van der Waals surface area contributed by atoms with E-state index in [2.05, 4.69) is 20.8 Å². The molecule has 0 aromatic heterocycles. The Morgan fingerprint density at radius 2 is 1.69 bits per heavy atom. The minimum Gasteiger partial charge on any atom is -0.486 e. The van der Waals surface area contributed by atoms with Crippen molar-refractivity contribution in [3.05, 3.63) is 12.1 Å². The zero-order valence-corrected chi connectivity index (χ0v) is 10.7. The third-order valence-electron chi connectivity index (χ3n) is 2.09. The maximum atomic E-state index is 6.00. The predicted molar refractivity (Wildman–Crippen MR) is 67.5 cm³/mol. The summed E-state index contributed by atoms with van der Waals surface area (Å²) in [6.07, 6.45) is 0. The molecule has 1 aromatic carbocycles. The van der Waals surface area contributed by atoms with Crippen molar-refractivity contribution in [2.24, 2.45) is 0 Å². The number of benzene rings is 1. The van der Waals surface area contributed by atoms with Crippen molar-refractivity contribution in [2.45, 2.75) is 30.4 Å². The van der Waals surface area contributed by atoms with E-state index in [0.717, 1.165) is 22.1 Å². The second kappa shape index (κ2) is 4.09. The maximum absolute atomic E-state index is 6.00. The van der Waals surface area contributed by atoms with Crippen LogP contribution in [0.2, 0.25) is 0 Å². The number of anilines is 1. The molecule has 0 unspecified atom stereocenters. The van der Waals surface area contributed by atoms with Crippen LogP contribution in [0.25, 0.3) is 0 Å². The molecule has 0 aliphatic carbocycles. The van der Waals surface area contributed by atoms with Crippen molar-refractivity contribution in [3.63, 3.8) is 0 Å². The molecule has 0 saturated heterocycles. The van der Waals surface area contributed by atoms with E-state index in [0.29, 0.717) is 13.2 Å². The largest absolute Gasteiger partial charge is 0.486 e. The zero-order valence-electron chi connectivity index (χ0n) is 9.87. The molecule has 2 rings (SSSR count). The topological polar surface area (TPSA) is 44.5 Å². The van der Waals surface area contributed by atoms with Crippen LogP contribution in [0.5, 0.6) is 11.5 Å². The Hall–Kier alpha value is -1.03. The van der Waals surface area contributed by atoms with Crippen molar-refractivity contribution in [1.82, 2.24) is 0 Å². The summed E-state index contributed by atoms with van der Waals surface area (Å²) in [7, 11) is 0. The van der Waals surface area contributed by atoms with Gasteiger partial charge in [0.15, 0.2) is 11.5 Å². The lowest BCUT2D eigenvalue weighted by Crippen LogP contribution is -2.16. The Bertz CT molecular complexity index is 399. The molecule has 0 amide bonds. The van der Waals surface area contributed by atoms with Gasteiger partial charge in [-0.3, -0.25) is 0 Å². The summed E-state index contributed by atoms with van der Waals surface area (Å²) in [5.74, 6) is 1.55. The zero-order chi connectivity index (χ0) is 11.8. The fraction of sp³-hybridized carbons (Fsp3) is 0.500. The van der Waals surface area contributed by atoms with Crippen LogP contribution in [-0.4, -0.2) is 18.0 Å². The van der Waals surface area contributed by atoms with Crippen LogP contribution in [0, 0.1) is 0 Å². The van der Waals surface area contributed by atoms with E-state index < -0.39 is 0 Å². The second-order valence-corrected chi connectivity index (χ2v) is 6.62. The van der Waals surface area contributed by atoms with E-state index in [1.807, 2.05) is 12.1 Å². The quantitative estimate of drug-likeness (QED) is 0.604. The number of thioether (sulfide) groups is 1. The smallest absolute Gasteiger partial charge is 0.163 e. The van der Waals surface area contributed by atoms with Gasteiger partial charge in [0.05, 0.1) is 0 Å². The molecule has 0 atom stereocenters. The molecule has 0 saturated carbocycles. The maximum Gasteiger partial charge on any atom is 0.163 e. The van der Waals surface area contributed by atoms with Gasteiger partial charge < -0.3 is 15.2 Å².